The molecule has 19 heavy (non-hydrogen) atoms. The fraction of sp³-hybridized carbons (Fsp3) is 0.357. The molecule has 1 aromatic heterocycles. The van der Waals surface area contributed by atoms with Gasteiger partial charge in [-0.2, -0.15) is 0 Å². The number of carboxylic acid groups (broad SMARTS) is 1. The lowest BCUT2D eigenvalue weighted by Gasteiger charge is -2.08. The van der Waals surface area contributed by atoms with E-state index in [9.17, 15) is 9.59 Å². The van der Waals surface area contributed by atoms with Crippen molar-refractivity contribution in [1.29, 1.82) is 0 Å². The Morgan fingerprint density at radius 1 is 1.32 bits per heavy atom. The number of imidazole rings is 1. The van der Waals surface area contributed by atoms with Gasteiger partial charge in [-0.1, -0.05) is 13.8 Å². The quantitative estimate of drug-likeness (QED) is 0.860. The van der Waals surface area contributed by atoms with Crippen LogP contribution in [-0.4, -0.2) is 26.4 Å². The number of aromatic nitrogens is 2. The number of rotatable bonds is 3. The van der Waals surface area contributed by atoms with E-state index >= 15 is 0 Å². The molecule has 0 bridgehead atoms. The van der Waals surface area contributed by atoms with Crippen LogP contribution in [0.25, 0.3) is 11.0 Å². The van der Waals surface area contributed by atoms with Gasteiger partial charge in [0.05, 0.1) is 11.0 Å². The maximum absolute atomic E-state index is 12.1. The lowest BCUT2D eigenvalue weighted by Crippen LogP contribution is -2.09. The summed E-state index contributed by atoms with van der Waals surface area (Å²) in [4.78, 5) is 27.2. The highest BCUT2D eigenvalue weighted by molar-refractivity contribution is 6.02. The molecule has 0 aliphatic carbocycles. The fourth-order valence-corrected chi connectivity index (χ4v) is 2.11. The number of carbonyl (C=O) groups is 2. The van der Waals surface area contributed by atoms with Crippen LogP contribution >= 0.6 is 0 Å². The fourth-order valence-electron chi connectivity index (χ4n) is 2.11. The summed E-state index contributed by atoms with van der Waals surface area (Å²) < 4.78 is 1.52. The van der Waals surface area contributed by atoms with Crippen molar-refractivity contribution in [2.24, 2.45) is 13.0 Å². The molecule has 0 spiro atoms. The SMILES string of the molecule is Cc1cc2c(cc1C(=O)C(C)C)nc(C(=O)O)n2C. The number of aromatic carboxylic acids is 1. The molecular formula is C14H16N2O3. The highest BCUT2D eigenvalue weighted by Gasteiger charge is 2.18. The second kappa shape index (κ2) is 4.50. The number of hydrogen-bond donors (Lipinski definition) is 1. The van der Waals surface area contributed by atoms with E-state index < -0.39 is 5.97 Å². The molecule has 2 aromatic rings. The van der Waals surface area contributed by atoms with Gasteiger partial charge in [-0.05, 0) is 24.6 Å². The van der Waals surface area contributed by atoms with Gasteiger partial charge in [0.15, 0.2) is 5.78 Å². The highest BCUT2D eigenvalue weighted by Crippen LogP contribution is 2.22. The van der Waals surface area contributed by atoms with Gasteiger partial charge in [0.1, 0.15) is 0 Å². The zero-order valence-corrected chi connectivity index (χ0v) is 11.4. The molecular weight excluding hydrogens is 244 g/mol. The van der Waals surface area contributed by atoms with E-state index in [0.717, 1.165) is 11.1 Å². The first-order valence-electron chi connectivity index (χ1n) is 6.07. The van der Waals surface area contributed by atoms with E-state index in [2.05, 4.69) is 4.98 Å². The maximum Gasteiger partial charge on any atom is 0.372 e. The van der Waals surface area contributed by atoms with Crippen LogP contribution in [0.1, 0.15) is 40.4 Å². The predicted molar refractivity (Wildman–Crippen MR) is 71.6 cm³/mol. The Kier molecular flexibility index (Phi) is 3.14. The number of aryl methyl sites for hydroxylation is 2. The Morgan fingerprint density at radius 3 is 2.47 bits per heavy atom. The number of benzene rings is 1. The maximum atomic E-state index is 12.1. The standard InChI is InChI=1S/C14H16N2O3/c1-7(2)12(17)9-6-10-11(5-8(9)3)16(4)13(15-10)14(18)19/h5-7H,1-4H3,(H,18,19). The Labute approximate surface area is 110 Å². The summed E-state index contributed by atoms with van der Waals surface area (Å²) in [5, 5.41) is 9.05. The van der Waals surface area contributed by atoms with Gasteiger partial charge in [-0.25, -0.2) is 9.78 Å². The van der Waals surface area contributed by atoms with Crippen LogP contribution < -0.4 is 0 Å². The minimum atomic E-state index is -1.08. The molecule has 0 aliphatic heterocycles. The minimum absolute atomic E-state index is 0.0245. The third-order valence-electron chi connectivity index (χ3n) is 3.21. The topological polar surface area (TPSA) is 72.2 Å². The second-order valence-corrected chi connectivity index (χ2v) is 4.97. The van der Waals surface area contributed by atoms with Crippen LogP contribution in [0.5, 0.6) is 0 Å². The molecule has 0 saturated carbocycles. The molecule has 100 valence electrons. The zero-order chi connectivity index (χ0) is 14.3. The Balaban J connectivity index is 2.70. The molecule has 0 radical (unpaired) electrons. The van der Waals surface area contributed by atoms with Crippen molar-refractivity contribution in [3.05, 3.63) is 29.1 Å². The summed E-state index contributed by atoms with van der Waals surface area (Å²) in [5.74, 6) is -1.16. The van der Waals surface area contributed by atoms with Crippen molar-refractivity contribution in [2.45, 2.75) is 20.8 Å². The van der Waals surface area contributed by atoms with Gasteiger partial charge < -0.3 is 9.67 Å². The van der Waals surface area contributed by atoms with Crippen molar-refractivity contribution < 1.29 is 14.7 Å². The molecule has 0 atom stereocenters. The number of fused-ring (bicyclic) bond motifs is 1. The first-order chi connectivity index (χ1) is 8.82. The van der Waals surface area contributed by atoms with E-state index in [1.807, 2.05) is 26.8 Å². The van der Waals surface area contributed by atoms with Crippen LogP contribution in [0.4, 0.5) is 0 Å². The van der Waals surface area contributed by atoms with Crippen molar-refractivity contribution in [2.75, 3.05) is 0 Å². The largest absolute Gasteiger partial charge is 0.475 e. The van der Waals surface area contributed by atoms with Gasteiger partial charge in [0, 0.05) is 18.5 Å². The summed E-state index contributed by atoms with van der Waals surface area (Å²) in [6.07, 6.45) is 0. The number of hydrogen-bond acceptors (Lipinski definition) is 3. The number of carboxylic acids is 1. The van der Waals surface area contributed by atoms with Gasteiger partial charge >= 0.3 is 5.97 Å². The summed E-state index contributed by atoms with van der Waals surface area (Å²) in [6, 6.07) is 3.49. The minimum Gasteiger partial charge on any atom is -0.475 e. The van der Waals surface area contributed by atoms with Crippen molar-refractivity contribution in [3.63, 3.8) is 0 Å². The normalized spacial score (nSPS) is 11.2. The van der Waals surface area contributed by atoms with Gasteiger partial charge in [-0.3, -0.25) is 4.79 Å². The average molecular weight is 260 g/mol. The predicted octanol–water partition coefficient (Wildman–Crippen LogP) is 2.42. The third kappa shape index (κ3) is 2.12. The van der Waals surface area contributed by atoms with E-state index in [1.165, 1.54) is 4.57 Å². The van der Waals surface area contributed by atoms with Crippen LogP contribution in [0, 0.1) is 12.8 Å². The number of nitrogens with zero attached hydrogens (tertiary/aromatic N) is 2. The van der Waals surface area contributed by atoms with Crippen LogP contribution in [0.3, 0.4) is 0 Å². The summed E-state index contributed by atoms with van der Waals surface area (Å²) in [6.45, 7) is 5.53. The molecule has 5 heteroatoms. The molecule has 0 saturated heterocycles. The van der Waals surface area contributed by atoms with Gasteiger partial charge in [0.25, 0.3) is 0 Å². The third-order valence-corrected chi connectivity index (χ3v) is 3.21. The molecule has 1 aromatic carbocycles. The lowest BCUT2D eigenvalue weighted by molar-refractivity contribution is 0.0680. The molecule has 2 rings (SSSR count). The van der Waals surface area contributed by atoms with Crippen molar-refractivity contribution >= 4 is 22.8 Å². The summed E-state index contributed by atoms with van der Waals surface area (Å²) >= 11 is 0. The molecule has 1 N–H and O–H groups in total. The first-order valence-corrected chi connectivity index (χ1v) is 6.07. The number of carbonyl (C=O) groups excluding carboxylic acids is 1. The Morgan fingerprint density at radius 2 is 1.95 bits per heavy atom. The van der Waals surface area contributed by atoms with Crippen molar-refractivity contribution in [1.82, 2.24) is 9.55 Å². The lowest BCUT2D eigenvalue weighted by atomic mass is 9.96. The van der Waals surface area contributed by atoms with E-state index in [0.29, 0.717) is 11.1 Å². The summed E-state index contributed by atoms with van der Waals surface area (Å²) in [5.41, 5.74) is 2.70. The zero-order valence-electron chi connectivity index (χ0n) is 11.4. The molecule has 5 nitrogen and oxygen atoms in total. The van der Waals surface area contributed by atoms with E-state index in [-0.39, 0.29) is 17.5 Å². The van der Waals surface area contributed by atoms with Crippen LogP contribution in [0.15, 0.2) is 12.1 Å². The van der Waals surface area contributed by atoms with Crippen LogP contribution in [0.2, 0.25) is 0 Å². The molecule has 0 fully saturated rings. The van der Waals surface area contributed by atoms with Crippen LogP contribution in [-0.2, 0) is 7.05 Å². The van der Waals surface area contributed by atoms with Gasteiger partial charge in [-0.15, -0.1) is 0 Å². The number of ketones is 1. The Bertz CT molecular complexity index is 684. The summed E-state index contributed by atoms with van der Waals surface area (Å²) in [7, 11) is 1.65. The first kappa shape index (κ1) is 13.3. The second-order valence-electron chi connectivity index (χ2n) is 4.97. The molecule has 0 amide bonds. The molecule has 0 aliphatic rings. The molecule has 1 heterocycles. The smallest absolute Gasteiger partial charge is 0.372 e. The molecule has 0 unspecified atom stereocenters. The van der Waals surface area contributed by atoms with E-state index in [4.69, 9.17) is 5.11 Å². The Hall–Kier alpha value is -2.17. The average Bonchev–Trinajstić information content (AvgIpc) is 2.65. The number of Topliss-reactive ketones (excluding diaryl/α,β-unsaturated/α-hetero) is 1. The van der Waals surface area contributed by atoms with E-state index in [1.54, 1.807) is 13.1 Å². The highest BCUT2D eigenvalue weighted by atomic mass is 16.4. The van der Waals surface area contributed by atoms with Crippen molar-refractivity contribution in [3.8, 4) is 0 Å². The monoisotopic (exact) mass is 260 g/mol. The van der Waals surface area contributed by atoms with Gasteiger partial charge in [0.2, 0.25) is 5.82 Å².